The lowest BCUT2D eigenvalue weighted by atomic mass is 9.73. The minimum Gasteiger partial charge on any atom is -0.310 e. The summed E-state index contributed by atoms with van der Waals surface area (Å²) in [5.41, 5.74) is 0.212. The third kappa shape index (κ3) is 1.85. The van der Waals surface area contributed by atoms with E-state index in [1.165, 1.54) is 6.07 Å². The normalized spacial score (nSPS) is 17.9. The van der Waals surface area contributed by atoms with E-state index in [0.717, 1.165) is 19.3 Å². The molecule has 0 amide bonds. The van der Waals surface area contributed by atoms with Crippen LogP contribution in [0.15, 0.2) is 18.2 Å². The van der Waals surface area contributed by atoms with E-state index in [1.54, 1.807) is 12.1 Å². The van der Waals surface area contributed by atoms with E-state index in [0.29, 0.717) is 12.0 Å². The fourth-order valence-corrected chi connectivity index (χ4v) is 2.15. The highest BCUT2D eigenvalue weighted by molar-refractivity contribution is 6.30. The molecule has 0 N–H and O–H groups in total. The Balaban J connectivity index is 2.25. The first-order valence-electron chi connectivity index (χ1n) is 4.98. The maximum absolute atomic E-state index is 13.6. The van der Waals surface area contributed by atoms with Crippen LogP contribution in [0.25, 0.3) is 4.85 Å². The molecule has 0 unspecified atom stereocenters. The van der Waals surface area contributed by atoms with Gasteiger partial charge in [-0.3, -0.25) is 0 Å². The molecule has 15 heavy (non-hydrogen) atoms. The van der Waals surface area contributed by atoms with Gasteiger partial charge in [-0.05, 0) is 18.1 Å². The van der Waals surface area contributed by atoms with Gasteiger partial charge in [-0.25, -0.2) is 11.0 Å². The first-order chi connectivity index (χ1) is 7.17. The molecule has 2 rings (SSSR count). The van der Waals surface area contributed by atoms with Gasteiger partial charge in [0.15, 0.2) is 0 Å². The molecule has 0 spiro atoms. The van der Waals surface area contributed by atoms with Gasteiger partial charge >= 0.3 is 0 Å². The minimum atomic E-state index is -0.367. The zero-order chi connectivity index (χ0) is 10.9. The number of benzene rings is 1. The molecule has 3 heteroatoms. The Morgan fingerprint density at radius 1 is 1.47 bits per heavy atom. The predicted octanol–water partition coefficient (Wildman–Crippen LogP) is 3.86. The summed E-state index contributed by atoms with van der Waals surface area (Å²) in [6.45, 7) is 7.15. The van der Waals surface area contributed by atoms with Crippen LogP contribution in [0.2, 0.25) is 5.02 Å². The van der Waals surface area contributed by atoms with Gasteiger partial charge in [-0.2, -0.15) is 0 Å². The Morgan fingerprint density at radius 2 is 2.20 bits per heavy atom. The molecule has 78 valence electrons. The van der Waals surface area contributed by atoms with Crippen molar-refractivity contribution in [3.63, 3.8) is 0 Å². The van der Waals surface area contributed by atoms with Crippen molar-refractivity contribution in [1.82, 2.24) is 0 Å². The largest absolute Gasteiger partial charge is 0.310 e. The number of hydrogen-bond donors (Lipinski definition) is 0. The van der Waals surface area contributed by atoms with Gasteiger partial charge in [0.25, 0.3) is 0 Å². The van der Waals surface area contributed by atoms with Crippen molar-refractivity contribution >= 4 is 11.6 Å². The van der Waals surface area contributed by atoms with Gasteiger partial charge in [0.2, 0.25) is 5.54 Å². The van der Waals surface area contributed by atoms with Crippen LogP contribution in [-0.4, -0.2) is 5.54 Å². The summed E-state index contributed by atoms with van der Waals surface area (Å²) in [4.78, 5) is 3.63. The maximum Gasteiger partial charge on any atom is 0.236 e. The number of hydrogen-bond acceptors (Lipinski definition) is 0. The van der Waals surface area contributed by atoms with E-state index in [1.807, 2.05) is 0 Å². The molecule has 1 saturated carbocycles. The van der Waals surface area contributed by atoms with E-state index in [9.17, 15) is 4.39 Å². The Hall–Kier alpha value is -1.07. The van der Waals surface area contributed by atoms with E-state index in [4.69, 9.17) is 18.2 Å². The van der Waals surface area contributed by atoms with Gasteiger partial charge in [-0.15, -0.1) is 0 Å². The van der Waals surface area contributed by atoms with Crippen molar-refractivity contribution in [2.24, 2.45) is 0 Å². The predicted molar refractivity (Wildman–Crippen MR) is 58.3 cm³/mol. The molecule has 0 saturated heterocycles. The average molecular weight is 224 g/mol. The molecule has 0 aliphatic heterocycles. The molecule has 1 aromatic carbocycles. The van der Waals surface area contributed by atoms with Crippen LogP contribution in [0.4, 0.5) is 4.39 Å². The second-order valence-corrected chi connectivity index (χ2v) is 4.49. The van der Waals surface area contributed by atoms with Crippen LogP contribution in [-0.2, 0) is 6.42 Å². The Bertz CT molecular complexity index is 418. The smallest absolute Gasteiger partial charge is 0.236 e. The maximum atomic E-state index is 13.6. The molecular weight excluding hydrogens is 213 g/mol. The molecular formula is C12H11ClFN. The summed E-state index contributed by atoms with van der Waals surface area (Å²) in [6, 6.07) is 4.98. The first kappa shape index (κ1) is 10.4. The molecule has 1 nitrogen and oxygen atoms in total. The molecule has 0 bridgehead atoms. The molecule has 0 atom stereocenters. The van der Waals surface area contributed by atoms with Crippen LogP contribution in [0, 0.1) is 12.4 Å². The van der Waals surface area contributed by atoms with Crippen LogP contribution in [0.5, 0.6) is 0 Å². The summed E-state index contributed by atoms with van der Waals surface area (Å²) in [5.74, 6) is -0.367. The van der Waals surface area contributed by atoms with E-state index >= 15 is 0 Å². The molecule has 1 aliphatic rings. The molecule has 1 aromatic rings. The summed E-state index contributed by atoms with van der Waals surface area (Å²) < 4.78 is 13.6. The summed E-state index contributed by atoms with van der Waals surface area (Å²) in [6.07, 6.45) is 3.32. The standard InChI is InChI=1S/C12H11ClFN/c1-15-12(6-3-7-12)8-9-4-2-5-10(13)11(9)14/h2,4-5H,3,6-8H2. The van der Waals surface area contributed by atoms with Gasteiger partial charge in [-0.1, -0.05) is 23.7 Å². The van der Waals surface area contributed by atoms with Gasteiger partial charge < -0.3 is 4.85 Å². The van der Waals surface area contributed by atoms with Gasteiger partial charge in [0, 0.05) is 12.8 Å². The number of nitrogens with zero attached hydrogens (tertiary/aromatic N) is 1. The number of rotatable bonds is 2. The lowest BCUT2D eigenvalue weighted by molar-refractivity contribution is 0.298. The SMILES string of the molecule is [C-]#[N+]C1(Cc2cccc(Cl)c2F)CCC1. The van der Waals surface area contributed by atoms with Crippen LogP contribution in [0.3, 0.4) is 0 Å². The Morgan fingerprint density at radius 3 is 2.73 bits per heavy atom. The Labute approximate surface area is 93.7 Å². The fourth-order valence-electron chi connectivity index (χ4n) is 1.95. The van der Waals surface area contributed by atoms with Crippen molar-refractivity contribution < 1.29 is 4.39 Å². The average Bonchev–Trinajstić information content (AvgIpc) is 2.18. The highest BCUT2D eigenvalue weighted by atomic mass is 35.5. The van der Waals surface area contributed by atoms with Crippen LogP contribution >= 0.6 is 11.6 Å². The molecule has 1 fully saturated rings. The molecule has 1 aliphatic carbocycles. The highest BCUT2D eigenvalue weighted by Crippen LogP contribution is 2.39. The van der Waals surface area contributed by atoms with E-state index in [2.05, 4.69) is 4.85 Å². The van der Waals surface area contributed by atoms with Gasteiger partial charge in [0.05, 0.1) is 11.4 Å². The van der Waals surface area contributed by atoms with Crippen molar-refractivity contribution in [1.29, 1.82) is 0 Å². The van der Waals surface area contributed by atoms with Crippen LogP contribution in [0.1, 0.15) is 24.8 Å². The van der Waals surface area contributed by atoms with E-state index < -0.39 is 0 Å². The Kier molecular flexibility index (Phi) is 2.67. The summed E-state index contributed by atoms with van der Waals surface area (Å²) in [7, 11) is 0. The summed E-state index contributed by atoms with van der Waals surface area (Å²) >= 11 is 5.69. The van der Waals surface area contributed by atoms with Gasteiger partial charge in [0.1, 0.15) is 5.82 Å². The van der Waals surface area contributed by atoms with Crippen molar-refractivity contribution in [2.45, 2.75) is 31.2 Å². The van der Waals surface area contributed by atoms with Crippen molar-refractivity contribution in [3.8, 4) is 0 Å². The molecule has 0 radical (unpaired) electrons. The van der Waals surface area contributed by atoms with Crippen molar-refractivity contribution in [3.05, 3.63) is 46.0 Å². The zero-order valence-corrected chi connectivity index (χ0v) is 9.02. The van der Waals surface area contributed by atoms with Crippen LogP contribution < -0.4 is 0 Å². The quantitative estimate of drug-likeness (QED) is 0.671. The molecule has 0 heterocycles. The third-order valence-electron chi connectivity index (χ3n) is 3.07. The third-order valence-corrected chi connectivity index (χ3v) is 3.36. The topological polar surface area (TPSA) is 4.36 Å². The second kappa shape index (κ2) is 3.83. The van der Waals surface area contributed by atoms with Crippen molar-refractivity contribution in [2.75, 3.05) is 0 Å². The molecule has 0 aromatic heterocycles. The number of halogens is 2. The lowest BCUT2D eigenvalue weighted by Gasteiger charge is -2.30. The fraction of sp³-hybridized carbons (Fsp3) is 0.417. The lowest BCUT2D eigenvalue weighted by Crippen LogP contribution is -2.35. The second-order valence-electron chi connectivity index (χ2n) is 4.08. The highest BCUT2D eigenvalue weighted by Gasteiger charge is 2.44. The monoisotopic (exact) mass is 223 g/mol. The zero-order valence-electron chi connectivity index (χ0n) is 8.26. The van der Waals surface area contributed by atoms with E-state index in [-0.39, 0.29) is 16.4 Å². The summed E-state index contributed by atoms with van der Waals surface area (Å²) in [5, 5.41) is 0.145. The minimum absolute atomic E-state index is 0.145. The first-order valence-corrected chi connectivity index (χ1v) is 5.36.